The van der Waals surface area contributed by atoms with Crippen molar-refractivity contribution in [2.24, 2.45) is 0 Å². The van der Waals surface area contributed by atoms with Gasteiger partial charge in [0.2, 0.25) is 5.88 Å². The first kappa shape index (κ1) is 19.5. The summed E-state index contributed by atoms with van der Waals surface area (Å²) in [5, 5.41) is 9.22. The van der Waals surface area contributed by atoms with Crippen molar-refractivity contribution < 1.29 is 24.2 Å². The van der Waals surface area contributed by atoms with Gasteiger partial charge in [-0.3, -0.25) is 9.59 Å². The monoisotopic (exact) mass is 370 g/mol. The van der Waals surface area contributed by atoms with Gasteiger partial charge in [0.15, 0.2) is 0 Å². The van der Waals surface area contributed by atoms with Gasteiger partial charge in [0, 0.05) is 32.0 Å². The Morgan fingerprint density at radius 3 is 2.68 bits per heavy atom. The molecule has 0 aliphatic carbocycles. The first-order valence-corrected chi connectivity index (χ1v) is 8.69. The van der Waals surface area contributed by atoms with Crippen molar-refractivity contribution in [2.75, 3.05) is 19.8 Å². The van der Waals surface area contributed by atoms with Gasteiger partial charge in [0.05, 0.1) is 18.1 Å². The molecule has 2 heterocycles. The number of carbonyl (C=O) groups excluding carboxylic acids is 1. The van der Waals surface area contributed by atoms with Crippen LogP contribution in [0.3, 0.4) is 0 Å². The summed E-state index contributed by atoms with van der Waals surface area (Å²) in [6.07, 6.45) is 2.58. The van der Waals surface area contributed by atoms with Crippen molar-refractivity contribution in [1.29, 1.82) is 0 Å². The highest BCUT2D eigenvalue weighted by Gasteiger charge is 2.27. The molecule has 25 heavy (non-hydrogen) atoms. The number of ether oxygens (including phenoxy) is 2. The van der Waals surface area contributed by atoms with E-state index in [1.165, 1.54) is 12.3 Å². The van der Waals surface area contributed by atoms with Crippen LogP contribution < -0.4 is 4.74 Å². The molecule has 1 fully saturated rings. The Morgan fingerprint density at radius 1 is 1.44 bits per heavy atom. The van der Waals surface area contributed by atoms with Gasteiger partial charge in [-0.1, -0.05) is 11.6 Å². The van der Waals surface area contributed by atoms with Gasteiger partial charge in [-0.05, 0) is 32.8 Å². The number of rotatable bonds is 7. The van der Waals surface area contributed by atoms with Crippen molar-refractivity contribution in [2.45, 2.75) is 45.3 Å². The summed E-state index contributed by atoms with van der Waals surface area (Å²) in [5.74, 6) is -0.947. The van der Waals surface area contributed by atoms with Crippen molar-refractivity contribution in [1.82, 2.24) is 9.88 Å². The number of carbonyl (C=O) groups is 2. The summed E-state index contributed by atoms with van der Waals surface area (Å²) in [7, 11) is 0. The molecule has 8 heteroatoms. The lowest BCUT2D eigenvalue weighted by molar-refractivity contribution is -0.137. The third-order valence-corrected chi connectivity index (χ3v) is 4.13. The fourth-order valence-electron chi connectivity index (χ4n) is 2.68. The molecule has 1 aromatic rings. The molecule has 7 nitrogen and oxygen atoms in total. The van der Waals surface area contributed by atoms with E-state index in [1.807, 2.05) is 13.8 Å². The quantitative estimate of drug-likeness (QED) is 0.793. The number of halogens is 1. The molecule has 0 aromatic carbocycles. The van der Waals surface area contributed by atoms with Gasteiger partial charge >= 0.3 is 5.97 Å². The second kappa shape index (κ2) is 9.01. The Labute approximate surface area is 151 Å². The van der Waals surface area contributed by atoms with Gasteiger partial charge < -0.3 is 19.5 Å². The summed E-state index contributed by atoms with van der Waals surface area (Å²) in [5.41, 5.74) is 0.318. The van der Waals surface area contributed by atoms with Crippen LogP contribution in [0.4, 0.5) is 0 Å². The average molecular weight is 371 g/mol. The van der Waals surface area contributed by atoms with Crippen molar-refractivity contribution in [3.8, 4) is 5.88 Å². The normalized spacial score (nSPS) is 15.2. The summed E-state index contributed by atoms with van der Waals surface area (Å²) in [4.78, 5) is 29.5. The molecular formula is C17H23ClN2O5. The smallest absolute Gasteiger partial charge is 0.305 e. The summed E-state index contributed by atoms with van der Waals surface area (Å²) in [6, 6.07) is 1.47. The van der Waals surface area contributed by atoms with Crippen LogP contribution in [0.15, 0.2) is 12.3 Å². The van der Waals surface area contributed by atoms with E-state index in [9.17, 15) is 9.59 Å². The molecule has 138 valence electrons. The lowest BCUT2D eigenvalue weighted by Gasteiger charge is -2.34. The van der Waals surface area contributed by atoms with E-state index >= 15 is 0 Å². The maximum atomic E-state index is 12.9. The summed E-state index contributed by atoms with van der Waals surface area (Å²) in [6.45, 7) is 4.97. The second-order valence-corrected chi connectivity index (χ2v) is 6.57. The van der Waals surface area contributed by atoms with Gasteiger partial charge in [0.25, 0.3) is 5.91 Å². The van der Waals surface area contributed by atoms with Gasteiger partial charge in [-0.15, -0.1) is 0 Å². The zero-order chi connectivity index (χ0) is 18.4. The number of aromatic nitrogens is 1. The lowest BCUT2D eigenvalue weighted by atomic mass is 10.1. The molecule has 1 aliphatic rings. The molecular weight excluding hydrogens is 348 g/mol. The highest BCUT2D eigenvalue weighted by molar-refractivity contribution is 6.32. The highest BCUT2D eigenvalue weighted by atomic mass is 35.5. The lowest BCUT2D eigenvalue weighted by Crippen LogP contribution is -2.44. The zero-order valence-electron chi connectivity index (χ0n) is 14.4. The zero-order valence-corrected chi connectivity index (χ0v) is 15.2. The van der Waals surface area contributed by atoms with Crippen LogP contribution in [-0.4, -0.2) is 58.8 Å². The first-order chi connectivity index (χ1) is 11.9. The van der Waals surface area contributed by atoms with E-state index < -0.39 is 5.97 Å². The van der Waals surface area contributed by atoms with E-state index in [0.717, 1.165) is 0 Å². The Hall–Kier alpha value is -1.86. The minimum Gasteiger partial charge on any atom is -0.481 e. The molecule has 0 unspecified atom stereocenters. The number of carboxylic acid groups (broad SMARTS) is 1. The summed E-state index contributed by atoms with van der Waals surface area (Å²) >= 11 is 6.16. The molecule has 0 atom stereocenters. The predicted molar refractivity (Wildman–Crippen MR) is 92.1 cm³/mol. The number of nitrogens with zero attached hydrogens (tertiary/aromatic N) is 2. The third kappa shape index (κ3) is 5.57. The van der Waals surface area contributed by atoms with E-state index in [4.69, 9.17) is 26.2 Å². The van der Waals surface area contributed by atoms with Crippen LogP contribution in [0.2, 0.25) is 5.02 Å². The topological polar surface area (TPSA) is 89.0 Å². The highest BCUT2D eigenvalue weighted by Crippen LogP contribution is 2.25. The first-order valence-electron chi connectivity index (χ1n) is 8.31. The maximum absolute atomic E-state index is 12.9. The van der Waals surface area contributed by atoms with Crippen LogP contribution in [0.25, 0.3) is 0 Å². The SMILES string of the molecule is CC(C)Oc1ncc(C(=O)N(CCC(=O)O)C2CCOCC2)cc1Cl. The van der Waals surface area contributed by atoms with Gasteiger partial charge in [-0.25, -0.2) is 4.98 Å². The summed E-state index contributed by atoms with van der Waals surface area (Å²) < 4.78 is 10.8. The Morgan fingerprint density at radius 2 is 2.12 bits per heavy atom. The molecule has 2 rings (SSSR count). The Bertz CT molecular complexity index is 617. The van der Waals surface area contributed by atoms with E-state index in [-0.39, 0.29) is 41.9 Å². The average Bonchev–Trinajstić information content (AvgIpc) is 2.57. The number of amides is 1. The Balaban J connectivity index is 2.19. The number of aliphatic carboxylic acids is 1. The minimum absolute atomic E-state index is 0.0500. The number of hydrogen-bond acceptors (Lipinski definition) is 5. The van der Waals surface area contributed by atoms with E-state index in [2.05, 4.69) is 4.98 Å². The second-order valence-electron chi connectivity index (χ2n) is 6.16. The Kier molecular flexibility index (Phi) is 7.01. The molecule has 0 spiro atoms. The van der Waals surface area contributed by atoms with Crippen LogP contribution >= 0.6 is 11.6 Å². The van der Waals surface area contributed by atoms with Crippen molar-refractivity contribution in [3.05, 3.63) is 22.8 Å². The molecule has 1 N–H and O–H groups in total. The van der Waals surface area contributed by atoms with Crippen LogP contribution in [-0.2, 0) is 9.53 Å². The van der Waals surface area contributed by atoms with Crippen molar-refractivity contribution >= 4 is 23.5 Å². The largest absolute Gasteiger partial charge is 0.481 e. The number of carboxylic acids is 1. The van der Waals surface area contributed by atoms with E-state index in [0.29, 0.717) is 31.6 Å². The molecule has 1 aliphatic heterocycles. The van der Waals surface area contributed by atoms with E-state index in [1.54, 1.807) is 4.90 Å². The molecule has 0 radical (unpaired) electrons. The van der Waals surface area contributed by atoms with Crippen LogP contribution in [0.1, 0.15) is 43.5 Å². The number of hydrogen-bond donors (Lipinski definition) is 1. The molecule has 0 bridgehead atoms. The molecule has 1 amide bonds. The van der Waals surface area contributed by atoms with Crippen molar-refractivity contribution in [3.63, 3.8) is 0 Å². The number of pyridine rings is 1. The van der Waals surface area contributed by atoms with Crippen LogP contribution in [0, 0.1) is 0 Å². The molecule has 1 aromatic heterocycles. The maximum Gasteiger partial charge on any atom is 0.305 e. The fourth-order valence-corrected chi connectivity index (χ4v) is 2.89. The molecule has 0 saturated carbocycles. The minimum atomic E-state index is -0.943. The fraction of sp³-hybridized carbons (Fsp3) is 0.588. The molecule has 1 saturated heterocycles. The van der Waals surface area contributed by atoms with Crippen LogP contribution in [0.5, 0.6) is 5.88 Å². The van der Waals surface area contributed by atoms with Gasteiger partial charge in [0.1, 0.15) is 5.02 Å². The van der Waals surface area contributed by atoms with Gasteiger partial charge in [-0.2, -0.15) is 0 Å². The standard InChI is InChI=1S/C17H23ClN2O5/c1-11(2)25-16-14(18)9-12(10-19-16)17(23)20(6-3-15(21)22)13-4-7-24-8-5-13/h9-11,13H,3-8H2,1-2H3,(H,21,22). The third-order valence-electron chi connectivity index (χ3n) is 3.86. The predicted octanol–water partition coefficient (Wildman–Crippen LogP) is 2.62.